The van der Waals surface area contributed by atoms with Gasteiger partial charge in [0.05, 0.1) is 11.5 Å². The largest absolute Gasteiger partial charge is 0.484 e. The van der Waals surface area contributed by atoms with E-state index in [1.54, 1.807) is 4.90 Å². The minimum Gasteiger partial charge on any atom is -0.484 e. The van der Waals surface area contributed by atoms with Crippen molar-refractivity contribution in [3.05, 3.63) is 59.2 Å². The van der Waals surface area contributed by atoms with E-state index in [1.165, 1.54) is 0 Å². The third kappa shape index (κ3) is 5.53. The second-order valence-electron chi connectivity index (χ2n) is 8.17. The van der Waals surface area contributed by atoms with Crippen LogP contribution in [-0.2, 0) is 21.2 Å². The van der Waals surface area contributed by atoms with Crippen LogP contribution in [0.25, 0.3) is 0 Å². The number of sulfone groups is 1. The number of rotatable bonds is 7. The van der Waals surface area contributed by atoms with Gasteiger partial charge < -0.3 is 14.5 Å². The molecule has 1 heterocycles. The van der Waals surface area contributed by atoms with Gasteiger partial charge in [0.15, 0.2) is 16.4 Å². The van der Waals surface area contributed by atoms with Crippen molar-refractivity contribution in [3.63, 3.8) is 0 Å². The fourth-order valence-electron chi connectivity index (χ4n) is 3.57. The van der Waals surface area contributed by atoms with Crippen molar-refractivity contribution in [2.75, 3.05) is 37.1 Å². The number of anilines is 1. The van der Waals surface area contributed by atoms with Crippen molar-refractivity contribution >= 4 is 21.4 Å². The molecular weight excluding hydrogens is 400 g/mol. The topological polar surface area (TPSA) is 66.9 Å². The molecule has 3 rings (SSSR count). The molecule has 30 heavy (non-hydrogen) atoms. The summed E-state index contributed by atoms with van der Waals surface area (Å²) in [6, 6.07) is 13.3. The third-order valence-corrected chi connectivity index (χ3v) is 7.37. The molecule has 1 aliphatic heterocycles. The highest BCUT2D eigenvalue weighted by Crippen LogP contribution is 2.22. The van der Waals surface area contributed by atoms with Crippen molar-refractivity contribution in [2.24, 2.45) is 0 Å². The van der Waals surface area contributed by atoms with Crippen molar-refractivity contribution in [1.29, 1.82) is 0 Å². The normalized spacial score (nSPS) is 17.5. The number of benzene rings is 2. The summed E-state index contributed by atoms with van der Waals surface area (Å²) in [6.45, 7) is 4.27. The number of hydrogen-bond donors (Lipinski definition) is 0. The van der Waals surface area contributed by atoms with Crippen LogP contribution in [0.15, 0.2) is 42.5 Å². The molecule has 0 aliphatic carbocycles. The molecule has 1 aliphatic rings. The van der Waals surface area contributed by atoms with Crippen LogP contribution >= 0.6 is 0 Å². The number of nitrogens with zero attached hydrogens (tertiary/aromatic N) is 2. The van der Waals surface area contributed by atoms with E-state index in [1.807, 2.05) is 75.3 Å². The van der Waals surface area contributed by atoms with E-state index in [2.05, 4.69) is 0 Å². The zero-order chi connectivity index (χ0) is 21.9. The molecule has 0 unspecified atom stereocenters. The Labute approximate surface area is 179 Å². The molecule has 0 radical (unpaired) electrons. The quantitative estimate of drug-likeness (QED) is 0.676. The molecule has 6 nitrogen and oxygen atoms in total. The van der Waals surface area contributed by atoms with Crippen LogP contribution in [0.3, 0.4) is 0 Å². The number of ether oxygens (including phenoxy) is 1. The molecule has 0 N–H and O–H groups in total. The van der Waals surface area contributed by atoms with E-state index < -0.39 is 9.84 Å². The predicted molar refractivity (Wildman–Crippen MR) is 120 cm³/mol. The maximum Gasteiger partial charge on any atom is 0.261 e. The van der Waals surface area contributed by atoms with Gasteiger partial charge in [0.25, 0.3) is 5.91 Å². The van der Waals surface area contributed by atoms with Crippen LogP contribution in [0.5, 0.6) is 5.75 Å². The van der Waals surface area contributed by atoms with Crippen LogP contribution in [0.1, 0.15) is 23.1 Å². The lowest BCUT2D eigenvalue weighted by molar-refractivity contribution is -0.136. The average Bonchev–Trinajstić information content (AvgIpc) is 3.06. The molecule has 1 atom stereocenters. The SMILES string of the molecule is Cc1ccc(OCC(=O)N(Cc2ccc(N(C)C)cc2)[C@@H]2CCS(=O)(=O)C2)cc1C. The van der Waals surface area contributed by atoms with Gasteiger partial charge in [-0.15, -0.1) is 0 Å². The van der Waals surface area contributed by atoms with E-state index in [9.17, 15) is 13.2 Å². The Morgan fingerprint density at radius 2 is 1.77 bits per heavy atom. The smallest absolute Gasteiger partial charge is 0.261 e. The van der Waals surface area contributed by atoms with Gasteiger partial charge in [0.2, 0.25) is 0 Å². The van der Waals surface area contributed by atoms with E-state index in [4.69, 9.17) is 4.74 Å². The van der Waals surface area contributed by atoms with E-state index in [0.717, 1.165) is 22.4 Å². The summed E-state index contributed by atoms with van der Waals surface area (Å²) in [7, 11) is 0.838. The zero-order valence-corrected chi connectivity index (χ0v) is 18.9. The summed E-state index contributed by atoms with van der Waals surface area (Å²) < 4.78 is 29.8. The lowest BCUT2D eigenvalue weighted by Gasteiger charge is -2.28. The van der Waals surface area contributed by atoms with E-state index in [0.29, 0.717) is 18.7 Å². The Balaban J connectivity index is 1.74. The minimum atomic E-state index is -3.10. The fraction of sp³-hybridized carbons (Fsp3) is 0.435. The Morgan fingerprint density at radius 3 is 2.33 bits per heavy atom. The number of aryl methyl sites for hydroxylation is 2. The van der Waals surface area contributed by atoms with Gasteiger partial charge in [0, 0.05) is 32.4 Å². The van der Waals surface area contributed by atoms with E-state index in [-0.39, 0.29) is 30.1 Å². The molecule has 0 aromatic heterocycles. The molecule has 0 saturated carbocycles. The molecule has 1 amide bonds. The summed E-state index contributed by atoms with van der Waals surface area (Å²) in [4.78, 5) is 16.7. The van der Waals surface area contributed by atoms with Crippen LogP contribution in [0, 0.1) is 13.8 Å². The molecule has 0 bridgehead atoms. The monoisotopic (exact) mass is 430 g/mol. The van der Waals surface area contributed by atoms with Crippen LogP contribution in [-0.4, -0.2) is 57.5 Å². The van der Waals surface area contributed by atoms with E-state index >= 15 is 0 Å². The lowest BCUT2D eigenvalue weighted by Crippen LogP contribution is -2.43. The zero-order valence-electron chi connectivity index (χ0n) is 18.1. The average molecular weight is 431 g/mol. The highest BCUT2D eigenvalue weighted by atomic mass is 32.2. The summed E-state index contributed by atoms with van der Waals surface area (Å²) in [6.07, 6.45) is 0.466. The second-order valence-corrected chi connectivity index (χ2v) is 10.4. The fourth-order valence-corrected chi connectivity index (χ4v) is 5.30. The molecular formula is C23H30N2O4S. The van der Waals surface area contributed by atoms with Crippen molar-refractivity contribution in [2.45, 2.75) is 32.9 Å². The van der Waals surface area contributed by atoms with Crippen molar-refractivity contribution in [3.8, 4) is 5.75 Å². The standard InChI is InChI=1S/C23H30N2O4S/c1-17-5-10-22(13-18(17)2)29-15-23(26)25(21-11-12-30(27,28)16-21)14-19-6-8-20(9-7-19)24(3)4/h5-10,13,21H,11-12,14-16H2,1-4H3/t21-/m1/s1. The molecule has 7 heteroatoms. The molecule has 162 valence electrons. The minimum absolute atomic E-state index is 0.0121. The lowest BCUT2D eigenvalue weighted by atomic mass is 10.1. The van der Waals surface area contributed by atoms with Crippen molar-refractivity contribution < 1.29 is 17.9 Å². The maximum absolute atomic E-state index is 13.0. The van der Waals surface area contributed by atoms with Gasteiger partial charge in [-0.3, -0.25) is 4.79 Å². The number of hydrogen-bond acceptors (Lipinski definition) is 5. The van der Waals surface area contributed by atoms with Crippen LogP contribution < -0.4 is 9.64 Å². The number of amides is 1. The van der Waals surface area contributed by atoms with Crippen LogP contribution in [0.4, 0.5) is 5.69 Å². The highest BCUT2D eigenvalue weighted by Gasteiger charge is 2.34. The third-order valence-electron chi connectivity index (χ3n) is 5.62. The first-order valence-electron chi connectivity index (χ1n) is 10.1. The molecule has 2 aromatic rings. The summed E-state index contributed by atoms with van der Waals surface area (Å²) in [5.41, 5.74) is 4.29. The summed E-state index contributed by atoms with van der Waals surface area (Å²) >= 11 is 0. The Hall–Kier alpha value is -2.54. The van der Waals surface area contributed by atoms with Gasteiger partial charge >= 0.3 is 0 Å². The Morgan fingerprint density at radius 1 is 1.07 bits per heavy atom. The summed E-state index contributed by atoms with van der Waals surface area (Å²) in [5.74, 6) is 0.574. The maximum atomic E-state index is 13.0. The molecule has 1 saturated heterocycles. The van der Waals surface area contributed by atoms with Crippen LogP contribution in [0.2, 0.25) is 0 Å². The first-order chi connectivity index (χ1) is 14.1. The van der Waals surface area contributed by atoms with Gasteiger partial charge in [0.1, 0.15) is 5.75 Å². The highest BCUT2D eigenvalue weighted by molar-refractivity contribution is 7.91. The molecule has 1 fully saturated rings. The Bertz CT molecular complexity index is 1000. The van der Waals surface area contributed by atoms with Gasteiger partial charge in [-0.1, -0.05) is 18.2 Å². The predicted octanol–water partition coefficient (Wildman–Crippen LogP) is 2.96. The number of carbonyl (C=O) groups excluding carboxylic acids is 1. The molecule has 2 aromatic carbocycles. The first-order valence-corrected chi connectivity index (χ1v) is 11.9. The second kappa shape index (κ2) is 9.08. The van der Waals surface area contributed by atoms with Gasteiger partial charge in [-0.2, -0.15) is 0 Å². The number of carbonyl (C=O) groups is 1. The molecule has 0 spiro atoms. The van der Waals surface area contributed by atoms with Gasteiger partial charge in [-0.05, 0) is 61.2 Å². The van der Waals surface area contributed by atoms with Gasteiger partial charge in [-0.25, -0.2) is 8.42 Å². The Kier molecular flexibility index (Phi) is 6.71. The van der Waals surface area contributed by atoms with Crippen molar-refractivity contribution in [1.82, 2.24) is 4.90 Å². The first kappa shape index (κ1) is 22.2. The summed E-state index contributed by atoms with van der Waals surface area (Å²) in [5, 5.41) is 0.